The van der Waals surface area contributed by atoms with Crippen molar-refractivity contribution < 1.29 is 32.2 Å². The number of halogens is 2. The number of aliphatic hydroxyl groups is 1. The van der Waals surface area contributed by atoms with Crippen LogP contribution >= 0.6 is 0 Å². The van der Waals surface area contributed by atoms with Gasteiger partial charge in [-0.1, -0.05) is 0 Å². The van der Waals surface area contributed by atoms with Crippen molar-refractivity contribution in [3.05, 3.63) is 29.3 Å². The van der Waals surface area contributed by atoms with Crippen LogP contribution in [0.25, 0.3) is 0 Å². The van der Waals surface area contributed by atoms with E-state index in [0.717, 1.165) is 0 Å². The van der Waals surface area contributed by atoms with Crippen LogP contribution in [0, 0.1) is 11.6 Å². The zero-order valence-corrected chi connectivity index (χ0v) is 12.0. The molecule has 0 spiro atoms. The van der Waals surface area contributed by atoms with E-state index < -0.39 is 44.2 Å². The normalized spacial score (nSPS) is 13.1. The van der Waals surface area contributed by atoms with Gasteiger partial charge in [-0.3, -0.25) is 0 Å². The zero-order chi connectivity index (χ0) is 16.2. The van der Waals surface area contributed by atoms with Crippen LogP contribution in [0.1, 0.15) is 30.1 Å². The summed E-state index contributed by atoms with van der Waals surface area (Å²) in [4.78, 5) is 9.69. The Morgan fingerprint density at radius 3 is 2.52 bits per heavy atom. The monoisotopic (exact) mass is 323 g/mol. The smallest absolute Gasteiger partial charge is 0.335 e. The molecule has 1 rings (SSSR count). The van der Waals surface area contributed by atoms with Crippen molar-refractivity contribution in [1.82, 2.24) is 4.72 Å². The van der Waals surface area contributed by atoms with E-state index in [2.05, 4.69) is 0 Å². The van der Waals surface area contributed by atoms with Crippen molar-refractivity contribution in [1.29, 1.82) is 0 Å². The second-order valence-corrected chi connectivity index (χ2v) is 6.20. The lowest BCUT2D eigenvalue weighted by Crippen LogP contribution is -2.27. The highest BCUT2D eigenvalue weighted by molar-refractivity contribution is 7.89. The summed E-state index contributed by atoms with van der Waals surface area (Å²) in [5.41, 5.74) is -0.668. The molecule has 0 radical (unpaired) electrons. The first-order valence-corrected chi connectivity index (χ1v) is 7.53. The van der Waals surface area contributed by atoms with Crippen molar-refractivity contribution >= 4 is 16.0 Å². The minimum absolute atomic E-state index is 0.0917. The maximum Gasteiger partial charge on any atom is 0.335 e. The summed E-state index contributed by atoms with van der Waals surface area (Å²) >= 11 is 0. The highest BCUT2D eigenvalue weighted by atomic mass is 32.2. The second-order valence-electron chi connectivity index (χ2n) is 4.46. The Hall–Kier alpha value is -1.58. The molecule has 0 aliphatic carbocycles. The lowest BCUT2D eigenvalue weighted by atomic mass is 10.2. The lowest BCUT2D eigenvalue weighted by Gasteiger charge is -2.09. The summed E-state index contributed by atoms with van der Waals surface area (Å²) in [5, 5.41) is 17.8. The number of carbonyl (C=O) groups is 1. The molecule has 1 aromatic rings. The minimum Gasteiger partial charge on any atom is -0.478 e. The molecule has 0 aliphatic heterocycles. The highest BCUT2D eigenvalue weighted by Crippen LogP contribution is 2.20. The van der Waals surface area contributed by atoms with E-state index in [0.29, 0.717) is 25.0 Å². The Kier molecular flexibility index (Phi) is 5.76. The Bertz CT molecular complexity index is 631. The van der Waals surface area contributed by atoms with Crippen LogP contribution in [-0.4, -0.2) is 37.2 Å². The van der Waals surface area contributed by atoms with E-state index >= 15 is 0 Å². The maximum absolute atomic E-state index is 13.6. The molecule has 21 heavy (non-hydrogen) atoms. The number of rotatable bonds is 7. The number of carboxylic acids is 1. The van der Waals surface area contributed by atoms with Crippen molar-refractivity contribution in [2.45, 2.75) is 30.8 Å². The van der Waals surface area contributed by atoms with Gasteiger partial charge in [0, 0.05) is 6.54 Å². The Morgan fingerprint density at radius 2 is 2.00 bits per heavy atom. The topological polar surface area (TPSA) is 104 Å². The maximum atomic E-state index is 13.6. The molecule has 0 fully saturated rings. The van der Waals surface area contributed by atoms with Gasteiger partial charge < -0.3 is 10.2 Å². The molecule has 0 aliphatic rings. The third-order valence-corrected chi connectivity index (χ3v) is 4.08. The van der Waals surface area contributed by atoms with Gasteiger partial charge in [0.2, 0.25) is 10.0 Å². The number of carboxylic acid groups (broad SMARTS) is 1. The fourth-order valence-corrected chi connectivity index (χ4v) is 2.75. The van der Waals surface area contributed by atoms with Gasteiger partial charge in [0.25, 0.3) is 0 Å². The largest absolute Gasteiger partial charge is 0.478 e. The molecule has 1 atom stereocenters. The van der Waals surface area contributed by atoms with Crippen molar-refractivity contribution in [3.8, 4) is 0 Å². The molecule has 6 nitrogen and oxygen atoms in total. The number of sulfonamides is 1. The molecule has 0 aromatic heterocycles. The van der Waals surface area contributed by atoms with E-state index in [1.807, 2.05) is 4.72 Å². The number of aromatic carboxylic acids is 1. The van der Waals surface area contributed by atoms with E-state index in [1.165, 1.54) is 6.92 Å². The quantitative estimate of drug-likeness (QED) is 0.652. The summed E-state index contributed by atoms with van der Waals surface area (Å²) < 4.78 is 52.5. The first-order chi connectivity index (χ1) is 9.65. The van der Waals surface area contributed by atoms with Gasteiger partial charge in [-0.25, -0.2) is 26.7 Å². The lowest BCUT2D eigenvalue weighted by molar-refractivity contribution is 0.0696. The summed E-state index contributed by atoms with van der Waals surface area (Å²) in [6.07, 6.45) is 0.00718. The number of nitrogens with one attached hydrogen (secondary N) is 1. The minimum atomic E-state index is -4.38. The molecule has 1 unspecified atom stereocenters. The Morgan fingerprint density at radius 1 is 1.38 bits per heavy atom. The highest BCUT2D eigenvalue weighted by Gasteiger charge is 2.24. The third-order valence-electron chi connectivity index (χ3n) is 2.62. The molecular weight excluding hydrogens is 308 g/mol. The molecule has 1 aromatic carbocycles. The summed E-state index contributed by atoms with van der Waals surface area (Å²) in [7, 11) is -4.38. The van der Waals surface area contributed by atoms with Crippen LogP contribution in [-0.2, 0) is 10.0 Å². The summed E-state index contributed by atoms with van der Waals surface area (Å²) in [5.74, 6) is -4.76. The van der Waals surface area contributed by atoms with Gasteiger partial charge in [0.15, 0.2) is 11.6 Å². The first kappa shape index (κ1) is 17.5. The SMILES string of the molecule is CC(O)CCCNS(=O)(=O)c1cc(C(=O)O)cc(F)c1F. The summed E-state index contributed by atoms with van der Waals surface area (Å²) in [6, 6.07) is 0.960. The molecule has 0 bridgehead atoms. The van der Waals surface area contributed by atoms with Crippen LogP contribution in [0.15, 0.2) is 17.0 Å². The van der Waals surface area contributed by atoms with Gasteiger partial charge in [-0.15, -0.1) is 0 Å². The van der Waals surface area contributed by atoms with Gasteiger partial charge in [-0.05, 0) is 31.9 Å². The van der Waals surface area contributed by atoms with E-state index in [4.69, 9.17) is 10.2 Å². The fourth-order valence-electron chi connectivity index (χ4n) is 1.56. The van der Waals surface area contributed by atoms with Crippen LogP contribution in [0.3, 0.4) is 0 Å². The second kappa shape index (κ2) is 6.92. The predicted molar refractivity (Wildman–Crippen MR) is 69.4 cm³/mol. The molecule has 0 heterocycles. The average molecular weight is 323 g/mol. The van der Waals surface area contributed by atoms with Crippen molar-refractivity contribution in [3.63, 3.8) is 0 Å². The van der Waals surface area contributed by atoms with Crippen molar-refractivity contribution in [2.24, 2.45) is 0 Å². The van der Waals surface area contributed by atoms with Gasteiger partial charge >= 0.3 is 5.97 Å². The van der Waals surface area contributed by atoms with E-state index in [1.54, 1.807) is 0 Å². The predicted octanol–water partition coefficient (Wildman–Crippen LogP) is 1.10. The van der Waals surface area contributed by atoms with Gasteiger partial charge in [-0.2, -0.15) is 0 Å². The molecule has 9 heteroatoms. The average Bonchev–Trinajstić information content (AvgIpc) is 2.37. The van der Waals surface area contributed by atoms with Crippen LogP contribution < -0.4 is 4.72 Å². The molecule has 0 saturated heterocycles. The van der Waals surface area contributed by atoms with E-state index in [-0.39, 0.29) is 6.54 Å². The third kappa shape index (κ3) is 4.73. The number of aliphatic hydroxyl groups excluding tert-OH is 1. The van der Waals surface area contributed by atoms with Gasteiger partial charge in [0.1, 0.15) is 4.90 Å². The van der Waals surface area contributed by atoms with E-state index in [9.17, 15) is 22.0 Å². The molecule has 118 valence electrons. The van der Waals surface area contributed by atoms with Gasteiger partial charge in [0.05, 0.1) is 11.7 Å². The molecule has 0 amide bonds. The number of hydrogen-bond acceptors (Lipinski definition) is 4. The van der Waals surface area contributed by atoms with Crippen LogP contribution in [0.2, 0.25) is 0 Å². The first-order valence-electron chi connectivity index (χ1n) is 6.05. The molecule has 3 N–H and O–H groups in total. The fraction of sp³-hybridized carbons (Fsp3) is 0.417. The van der Waals surface area contributed by atoms with Crippen LogP contribution in [0.4, 0.5) is 8.78 Å². The number of hydrogen-bond donors (Lipinski definition) is 3. The Labute approximate surface area is 120 Å². The van der Waals surface area contributed by atoms with Crippen LogP contribution in [0.5, 0.6) is 0 Å². The summed E-state index contributed by atoms with van der Waals surface area (Å²) in [6.45, 7) is 1.44. The zero-order valence-electron chi connectivity index (χ0n) is 11.1. The van der Waals surface area contributed by atoms with Crippen molar-refractivity contribution in [2.75, 3.05) is 6.54 Å². The standard InChI is InChI=1S/C12H15F2NO5S/c1-7(16)3-2-4-15-21(19,20)10-6-8(12(17)18)5-9(13)11(10)14/h5-7,15-16H,2-4H2,1H3,(H,17,18). The molecule has 0 saturated carbocycles. The Balaban J connectivity index is 2.99. The number of benzene rings is 1. The molecular formula is C12H15F2NO5S.